The minimum absolute atomic E-state index is 0.0351. The van der Waals surface area contributed by atoms with Gasteiger partial charge in [0.05, 0.1) is 16.5 Å². The summed E-state index contributed by atoms with van der Waals surface area (Å²) in [4.78, 5) is 24.4. The van der Waals surface area contributed by atoms with Gasteiger partial charge in [-0.3, -0.25) is 13.9 Å². The van der Waals surface area contributed by atoms with Crippen molar-refractivity contribution in [3.05, 3.63) is 40.6 Å². The van der Waals surface area contributed by atoms with Gasteiger partial charge in [-0.25, -0.2) is 8.42 Å². The number of halogens is 2. The molecule has 2 aliphatic heterocycles. The van der Waals surface area contributed by atoms with Gasteiger partial charge in [-0.05, 0) is 25.1 Å². The van der Waals surface area contributed by atoms with Crippen molar-refractivity contribution in [2.24, 2.45) is 0 Å². The number of hydrogen-bond donors (Lipinski definition) is 3. The van der Waals surface area contributed by atoms with Crippen LogP contribution in [0.3, 0.4) is 0 Å². The summed E-state index contributed by atoms with van der Waals surface area (Å²) in [5.41, 5.74) is 0. The van der Waals surface area contributed by atoms with E-state index in [1.807, 2.05) is 0 Å². The lowest BCUT2D eigenvalue weighted by molar-refractivity contribution is -0.129. The van der Waals surface area contributed by atoms with E-state index in [1.54, 1.807) is 0 Å². The lowest BCUT2D eigenvalue weighted by atomic mass is 10.1. The molecule has 2 aliphatic rings. The number of rotatable bonds is 5. The smallest absolute Gasteiger partial charge is 0.266 e. The zero-order valence-electron chi connectivity index (χ0n) is 14.1. The fourth-order valence-corrected chi connectivity index (χ4v) is 5.17. The number of hydrogen-bond acceptors (Lipinski definition) is 5. The maximum atomic E-state index is 13.1. The van der Waals surface area contributed by atoms with Gasteiger partial charge in [-0.1, -0.05) is 29.3 Å². The molecule has 3 N–H and O–H groups in total. The Morgan fingerprint density at radius 3 is 2.81 bits per heavy atom. The van der Waals surface area contributed by atoms with E-state index in [-0.39, 0.29) is 27.4 Å². The second-order valence-electron chi connectivity index (χ2n) is 6.19. The number of carbonyl (C=O) groups excluding carboxylic acids is 2. The summed E-state index contributed by atoms with van der Waals surface area (Å²) in [7, 11) is -4.19. The van der Waals surface area contributed by atoms with Crippen molar-refractivity contribution in [2.75, 3.05) is 13.1 Å². The number of benzene rings is 1. The Morgan fingerprint density at radius 1 is 1.33 bits per heavy atom. The molecule has 2 heterocycles. The lowest BCUT2D eigenvalue weighted by Crippen LogP contribution is -2.51. The van der Waals surface area contributed by atoms with Gasteiger partial charge in [0, 0.05) is 25.0 Å². The Hall–Kier alpha value is -1.81. The van der Waals surface area contributed by atoms with Crippen molar-refractivity contribution in [2.45, 2.75) is 29.8 Å². The second kappa shape index (κ2) is 8.05. The zero-order chi connectivity index (χ0) is 19.6. The molecule has 2 atom stereocenters. The average Bonchev–Trinajstić information content (AvgIpc) is 3.11. The quantitative estimate of drug-likeness (QED) is 0.638. The van der Waals surface area contributed by atoms with Crippen molar-refractivity contribution in [3.63, 3.8) is 0 Å². The van der Waals surface area contributed by atoms with Crippen LogP contribution in [-0.4, -0.2) is 49.7 Å². The second-order valence-corrected chi connectivity index (χ2v) is 8.79. The molecule has 0 aliphatic carbocycles. The number of carbonyl (C=O) groups is 2. The third kappa shape index (κ3) is 4.21. The maximum absolute atomic E-state index is 13.1. The molecule has 27 heavy (non-hydrogen) atoms. The predicted molar refractivity (Wildman–Crippen MR) is 101 cm³/mol. The SMILES string of the molecule is O=C(C[C@@H]1C(=O)NC=CN1S(=O)(=O)c1cccc(Cl)c1Cl)N[C@@H]1CCNC1. The fourth-order valence-electron chi connectivity index (χ4n) is 2.98. The van der Waals surface area contributed by atoms with Crippen molar-refractivity contribution in [1.82, 2.24) is 20.3 Å². The van der Waals surface area contributed by atoms with Crippen LogP contribution in [0.4, 0.5) is 0 Å². The largest absolute Gasteiger partial charge is 0.352 e. The molecule has 1 aromatic rings. The average molecular weight is 433 g/mol. The number of sulfonamides is 1. The van der Waals surface area contributed by atoms with Gasteiger partial charge in [0.25, 0.3) is 10.0 Å². The van der Waals surface area contributed by atoms with E-state index in [0.717, 1.165) is 17.3 Å². The summed E-state index contributed by atoms with van der Waals surface area (Å²) >= 11 is 12.0. The molecule has 3 rings (SSSR count). The van der Waals surface area contributed by atoms with Gasteiger partial charge < -0.3 is 16.0 Å². The van der Waals surface area contributed by atoms with E-state index in [4.69, 9.17) is 23.2 Å². The lowest BCUT2D eigenvalue weighted by Gasteiger charge is -2.31. The monoisotopic (exact) mass is 432 g/mol. The fraction of sp³-hybridized carbons (Fsp3) is 0.375. The first-order valence-corrected chi connectivity index (χ1v) is 10.4. The van der Waals surface area contributed by atoms with Gasteiger partial charge in [-0.15, -0.1) is 0 Å². The van der Waals surface area contributed by atoms with Crippen LogP contribution >= 0.6 is 23.2 Å². The Balaban J connectivity index is 1.86. The standard InChI is InChI=1S/C16H18Cl2N4O4S/c17-11-2-1-3-13(15(11)18)27(25,26)22-7-6-20-16(24)12(22)8-14(23)21-10-4-5-19-9-10/h1-3,6-7,10,12,19H,4-5,8-9H2,(H,20,24)(H,21,23)/t10-,12-/m1/s1. The highest BCUT2D eigenvalue weighted by Crippen LogP contribution is 2.32. The van der Waals surface area contributed by atoms with Gasteiger partial charge in [0.15, 0.2) is 0 Å². The maximum Gasteiger partial charge on any atom is 0.266 e. The molecule has 0 radical (unpaired) electrons. The Labute approximate surface area is 166 Å². The molecule has 8 nitrogen and oxygen atoms in total. The van der Waals surface area contributed by atoms with Crippen LogP contribution in [0.5, 0.6) is 0 Å². The van der Waals surface area contributed by atoms with Crippen LogP contribution in [0.15, 0.2) is 35.5 Å². The van der Waals surface area contributed by atoms with Gasteiger partial charge in [-0.2, -0.15) is 0 Å². The summed E-state index contributed by atoms with van der Waals surface area (Å²) in [6.07, 6.45) is 2.86. The molecule has 146 valence electrons. The van der Waals surface area contributed by atoms with Crippen molar-refractivity contribution in [3.8, 4) is 0 Å². The molecular formula is C16H18Cl2N4O4S. The third-order valence-electron chi connectivity index (χ3n) is 4.33. The summed E-state index contributed by atoms with van der Waals surface area (Å²) in [5.74, 6) is -1.00. The van der Waals surface area contributed by atoms with E-state index in [2.05, 4.69) is 16.0 Å². The molecule has 1 aromatic carbocycles. The number of amides is 2. The topological polar surface area (TPSA) is 108 Å². The Morgan fingerprint density at radius 2 is 2.11 bits per heavy atom. The van der Waals surface area contributed by atoms with Gasteiger partial charge in [0.1, 0.15) is 10.9 Å². The first-order valence-electron chi connectivity index (χ1n) is 8.25. The summed E-state index contributed by atoms with van der Waals surface area (Å²) in [6.45, 7) is 1.44. The van der Waals surface area contributed by atoms with Gasteiger partial charge in [0.2, 0.25) is 11.8 Å². The molecule has 11 heteroatoms. The molecule has 0 spiro atoms. The summed E-state index contributed by atoms with van der Waals surface area (Å²) in [6, 6.07) is 2.94. The van der Waals surface area contributed by atoms with E-state index in [9.17, 15) is 18.0 Å². The Bertz CT molecular complexity index is 884. The van der Waals surface area contributed by atoms with E-state index in [1.165, 1.54) is 30.6 Å². The highest BCUT2D eigenvalue weighted by Gasteiger charge is 2.38. The molecule has 0 saturated carbocycles. The van der Waals surface area contributed by atoms with Crippen LogP contribution in [0.2, 0.25) is 10.0 Å². The van der Waals surface area contributed by atoms with Crippen molar-refractivity contribution < 1.29 is 18.0 Å². The first kappa shape index (κ1) is 19.9. The van der Waals surface area contributed by atoms with Crippen LogP contribution in [0.1, 0.15) is 12.8 Å². The molecule has 2 amide bonds. The zero-order valence-corrected chi connectivity index (χ0v) is 16.4. The summed E-state index contributed by atoms with van der Waals surface area (Å²) in [5, 5.41) is 8.29. The first-order chi connectivity index (χ1) is 12.8. The highest BCUT2D eigenvalue weighted by atomic mass is 35.5. The molecule has 0 aromatic heterocycles. The minimum atomic E-state index is -4.19. The molecule has 1 fully saturated rings. The molecular weight excluding hydrogens is 415 g/mol. The molecule has 0 bridgehead atoms. The third-order valence-corrected chi connectivity index (χ3v) is 7.09. The van der Waals surface area contributed by atoms with Crippen molar-refractivity contribution >= 4 is 45.0 Å². The number of nitrogens with one attached hydrogen (secondary N) is 3. The van der Waals surface area contributed by atoms with Crippen LogP contribution in [0.25, 0.3) is 0 Å². The van der Waals surface area contributed by atoms with Crippen LogP contribution < -0.4 is 16.0 Å². The summed E-state index contributed by atoms with van der Waals surface area (Å²) < 4.78 is 26.9. The highest BCUT2D eigenvalue weighted by molar-refractivity contribution is 7.89. The van der Waals surface area contributed by atoms with E-state index < -0.39 is 27.9 Å². The van der Waals surface area contributed by atoms with E-state index >= 15 is 0 Å². The van der Waals surface area contributed by atoms with Gasteiger partial charge >= 0.3 is 0 Å². The minimum Gasteiger partial charge on any atom is -0.352 e. The predicted octanol–water partition coefficient (Wildman–Crippen LogP) is 0.822. The van der Waals surface area contributed by atoms with Crippen molar-refractivity contribution in [1.29, 1.82) is 0 Å². The van der Waals surface area contributed by atoms with Crippen LogP contribution in [-0.2, 0) is 19.6 Å². The molecule has 1 saturated heterocycles. The van der Waals surface area contributed by atoms with E-state index in [0.29, 0.717) is 6.54 Å². The van der Waals surface area contributed by atoms with Crippen LogP contribution in [0, 0.1) is 0 Å². The normalized spacial score (nSPS) is 22.6. The molecule has 0 unspecified atom stereocenters. The Kier molecular flexibility index (Phi) is 5.95. The number of nitrogens with zero attached hydrogens (tertiary/aromatic N) is 1.